The van der Waals surface area contributed by atoms with Gasteiger partial charge in [-0.25, -0.2) is 4.98 Å². The number of hydrogen-bond acceptors (Lipinski definition) is 5. The van der Waals surface area contributed by atoms with E-state index in [1.54, 1.807) is 0 Å². The van der Waals surface area contributed by atoms with Crippen LogP contribution in [0.2, 0.25) is 5.02 Å². The maximum atomic E-state index is 6.51. The highest BCUT2D eigenvalue weighted by Crippen LogP contribution is 2.36. The predicted molar refractivity (Wildman–Crippen MR) is 193 cm³/mol. The van der Waals surface area contributed by atoms with E-state index in [1.807, 2.05) is 30.3 Å². The lowest BCUT2D eigenvalue weighted by Crippen LogP contribution is -2.25. The van der Waals surface area contributed by atoms with E-state index in [0.717, 1.165) is 109 Å². The van der Waals surface area contributed by atoms with E-state index in [9.17, 15) is 0 Å². The molecule has 6 nitrogen and oxygen atoms in total. The number of hydrogen-bond donors (Lipinski definition) is 0. The molecular weight excluding hydrogens is 594 g/mol. The van der Waals surface area contributed by atoms with Gasteiger partial charge in [-0.05, 0) is 86.7 Å². The van der Waals surface area contributed by atoms with Crippen molar-refractivity contribution in [2.45, 2.75) is 86.1 Å². The first-order valence-corrected chi connectivity index (χ1v) is 17.8. The van der Waals surface area contributed by atoms with Crippen LogP contribution in [0.15, 0.2) is 60.7 Å². The van der Waals surface area contributed by atoms with Crippen LogP contribution in [-0.2, 0) is 13.0 Å². The zero-order valence-corrected chi connectivity index (χ0v) is 29.5. The molecule has 1 atom stereocenters. The van der Waals surface area contributed by atoms with E-state index in [2.05, 4.69) is 74.4 Å². The molecule has 4 aromatic rings. The molecule has 3 aromatic carbocycles. The number of aryl methyl sites for hydroxylation is 1. The van der Waals surface area contributed by atoms with Crippen molar-refractivity contribution in [1.29, 1.82) is 0 Å². The van der Waals surface area contributed by atoms with Crippen LogP contribution < -0.4 is 14.2 Å². The van der Waals surface area contributed by atoms with Gasteiger partial charge in [-0.1, -0.05) is 71.2 Å². The third-order valence-corrected chi connectivity index (χ3v) is 9.05. The largest absolute Gasteiger partial charge is 0.493 e. The topological polar surface area (TPSA) is 48.8 Å². The summed E-state index contributed by atoms with van der Waals surface area (Å²) in [7, 11) is 0. The van der Waals surface area contributed by atoms with Crippen LogP contribution in [0.5, 0.6) is 17.2 Å². The minimum Gasteiger partial charge on any atom is -0.493 e. The first-order chi connectivity index (χ1) is 22.4. The van der Waals surface area contributed by atoms with Crippen molar-refractivity contribution in [3.63, 3.8) is 0 Å². The summed E-state index contributed by atoms with van der Waals surface area (Å²) in [5.74, 6) is 4.14. The molecule has 0 saturated carbocycles. The summed E-state index contributed by atoms with van der Waals surface area (Å²) in [4.78, 5) is 7.58. The Hall–Kier alpha value is -3.22. The Balaban J connectivity index is 1.57. The molecular formula is C39H54ClN3O3. The Morgan fingerprint density at radius 1 is 0.804 bits per heavy atom. The van der Waals surface area contributed by atoms with Crippen molar-refractivity contribution in [3.05, 3.63) is 71.2 Å². The van der Waals surface area contributed by atoms with Gasteiger partial charge in [0.25, 0.3) is 0 Å². The smallest absolute Gasteiger partial charge is 0.144 e. The van der Waals surface area contributed by atoms with Crippen molar-refractivity contribution in [1.82, 2.24) is 14.5 Å². The zero-order chi connectivity index (χ0) is 32.7. The number of halogens is 1. The Morgan fingerprint density at radius 2 is 1.52 bits per heavy atom. The van der Waals surface area contributed by atoms with Gasteiger partial charge >= 0.3 is 0 Å². The molecule has 0 bridgehead atoms. The van der Waals surface area contributed by atoms with Crippen LogP contribution in [0.25, 0.3) is 22.4 Å². The average molecular weight is 648 g/mol. The lowest BCUT2D eigenvalue weighted by atomic mass is 10.0. The molecule has 0 aliphatic rings. The van der Waals surface area contributed by atoms with Crippen LogP contribution in [0.4, 0.5) is 0 Å². The van der Waals surface area contributed by atoms with Gasteiger partial charge in [0.15, 0.2) is 0 Å². The molecule has 0 aliphatic heterocycles. The Labute approximate surface area is 282 Å². The average Bonchev–Trinajstić information content (AvgIpc) is 3.44. The number of benzene rings is 3. The summed E-state index contributed by atoms with van der Waals surface area (Å²) >= 11 is 6.05. The van der Waals surface area contributed by atoms with Gasteiger partial charge in [-0.3, -0.25) is 0 Å². The summed E-state index contributed by atoms with van der Waals surface area (Å²) in [6.45, 7) is 17.2. The highest BCUT2D eigenvalue weighted by molar-refractivity contribution is 6.30. The molecule has 4 rings (SSSR count). The molecule has 1 aromatic heterocycles. The lowest BCUT2D eigenvalue weighted by Gasteiger charge is -2.18. The summed E-state index contributed by atoms with van der Waals surface area (Å²) < 4.78 is 21.3. The maximum Gasteiger partial charge on any atom is 0.144 e. The second-order valence-corrected chi connectivity index (χ2v) is 12.6. The van der Waals surface area contributed by atoms with Crippen molar-refractivity contribution in [3.8, 4) is 28.6 Å². The molecule has 1 unspecified atom stereocenters. The quantitative estimate of drug-likeness (QED) is 0.0842. The monoisotopic (exact) mass is 647 g/mol. The Bertz CT molecular complexity index is 1470. The summed E-state index contributed by atoms with van der Waals surface area (Å²) in [6.07, 6.45) is 7.32. The van der Waals surface area contributed by atoms with Crippen molar-refractivity contribution >= 4 is 22.6 Å². The van der Waals surface area contributed by atoms with Gasteiger partial charge in [0.1, 0.15) is 23.1 Å². The second kappa shape index (κ2) is 18.8. The van der Waals surface area contributed by atoms with Crippen LogP contribution in [0.3, 0.4) is 0 Å². The van der Waals surface area contributed by atoms with Crippen LogP contribution in [-0.4, -0.2) is 53.9 Å². The van der Waals surface area contributed by atoms with Crippen LogP contribution in [0.1, 0.15) is 78.7 Å². The molecule has 0 fully saturated rings. The molecule has 1 heterocycles. The molecule has 0 N–H and O–H groups in total. The number of aromatic nitrogens is 2. The molecule has 0 amide bonds. The van der Waals surface area contributed by atoms with Crippen molar-refractivity contribution in [2.24, 2.45) is 5.92 Å². The van der Waals surface area contributed by atoms with Crippen LogP contribution >= 0.6 is 11.6 Å². The van der Waals surface area contributed by atoms with E-state index >= 15 is 0 Å². The van der Waals surface area contributed by atoms with E-state index in [1.165, 1.54) is 12.0 Å². The Morgan fingerprint density at radius 3 is 2.26 bits per heavy atom. The van der Waals surface area contributed by atoms with Gasteiger partial charge in [0.05, 0.1) is 36.4 Å². The van der Waals surface area contributed by atoms with Gasteiger partial charge in [-0.15, -0.1) is 0 Å². The molecule has 0 spiro atoms. The third kappa shape index (κ3) is 10.4. The number of ether oxygens (including phenoxy) is 3. The molecule has 0 saturated heterocycles. The fourth-order valence-electron chi connectivity index (χ4n) is 5.61. The molecule has 0 aliphatic carbocycles. The van der Waals surface area contributed by atoms with Gasteiger partial charge < -0.3 is 23.7 Å². The third-order valence-electron chi connectivity index (χ3n) is 8.80. The highest BCUT2D eigenvalue weighted by atomic mass is 35.5. The van der Waals surface area contributed by atoms with Crippen molar-refractivity contribution < 1.29 is 14.2 Å². The summed E-state index contributed by atoms with van der Waals surface area (Å²) in [6, 6.07) is 20.4. The molecule has 46 heavy (non-hydrogen) atoms. The fraction of sp³-hybridized carbons (Fsp3) is 0.513. The Kier molecular flexibility index (Phi) is 14.6. The first kappa shape index (κ1) is 35.6. The van der Waals surface area contributed by atoms with E-state index in [4.69, 9.17) is 30.8 Å². The van der Waals surface area contributed by atoms with Crippen LogP contribution in [0, 0.1) is 5.92 Å². The van der Waals surface area contributed by atoms with E-state index < -0.39 is 0 Å². The predicted octanol–water partition coefficient (Wildman–Crippen LogP) is 10.1. The summed E-state index contributed by atoms with van der Waals surface area (Å²) in [5, 5.41) is 0.749. The second-order valence-electron chi connectivity index (χ2n) is 12.2. The van der Waals surface area contributed by atoms with Gasteiger partial charge in [0.2, 0.25) is 0 Å². The minimum absolute atomic E-state index is 0.591. The normalized spacial score (nSPS) is 12.2. The van der Waals surface area contributed by atoms with E-state index in [0.29, 0.717) is 25.7 Å². The van der Waals surface area contributed by atoms with Gasteiger partial charge in [0, 0.05) is 36.7 Å². The van der Waals surface area contributed by atoms with Crippen molar-refractivity contribution in [2.75, 3.05) is 39.5 Å². The standard InChI is InChI=1S/C39H54ClN3O3/c1-6-10-24-43-37-28-33(45-27-22-31-14-16-32(40)17-15-31)19-21-36(37)41-39(43)35-20-18-34(44-26-12-23-42(8-3)9-4)29-38(35)46-25-11-13-30(5)7-2/h14-21,28-30H,6-13,22-27H2,1-5H3. The fourth-order valence-corrected chi connectivity index (χ4v) is 5.74. The number of fused-ring (bicyclic) bond motifs is 1. The number of imidazole rings is 1. The maximum absolute atomic E-state index is 6.51. The SMILES string of the molecule is CCCCn1c(-c2ccc(OCCCN(CC)CC)cc2OCCCC(C)CC)nc2ccc(OCCc3ccc(Cl)cc3)cc21. The van der Waals surface area contributed by atoms with E-state index in [-0.39, 0.29) is 0 Å². The number of nitrogens with zero attached hydrogens (tertiary/aromatic N) is 3. The lowest BCUT2D eigenvalue weighted by molar-refractivity contribution is 0.247. The zero-order valence-electron chi connectivity index (χ0n) is 28.7. The highest BCUT2D eigenvalue weighted by Gasteiger charge is 2.18. The summed E-state index contributed by atoms with van der Waals surface area (Å²) in [5.41, 5.74) is 4.23. The minimum atomic E-state index is 0.591. The molecule has 7 heteroatoms. The van der Waals surface area contributed by atoms with Gasteiger partial charge in [-0.2, -0.15) is 0 Å². The molecule has 0 radical (unpaired) electrons. The number of rotatable bonds is 21. The first-order valence-electron chi connectivity index (χ1n) is 17.4. The number of unbranched alkanes of at least 4 members (excludes halogenated alkanes) is 1. The molecule has 250 valence electrons.